The second-order valence-corrected chi connectivity index (χ2v) is 7.07. The molecule has 2 N–H and O–H groups in total. The van der Waals surface area contributed by atoms with E-state index in [9.17, 15) is 9.59 Å². The Kier molecular flexibility index (Phi) is 6.75. The highest BCUT2D eigenvalue weighted by Gasteiger charge is 2.17. The minimum absolute atomic E-state index is 0.274. The van der Waals surface area contributed by atoms with E-state index in [1.807, 2.05) is 18.2 Å². The number of ether oxygens (including phenoxy) is 1. The standard InChI is InChI=1S/C22H18Cl2N2O3/c1-14(29-20-11-10-16(23)13-19(20)24)21(27)26-18-9-5-6-15(12-18)22(28)25-17-7-3-2-4-8-17/h2-14H,1H3,(H,25,28)(H,26,27). The van der Waals surface area contributed by atoms with Gasteiger partial charge >= 0.3 is 0 Å². The highest BCUT2D eigenvalue weighted by Crippen LogP contribution is 2.28. The van der Waals surface area contributed by atoms with Crippen molar-refractivity contribution in [1.82, 2.24) is 0 Å². The van der Waals surface area contributed by atoms with Crippen LogP contribution in [0.5, 0.6) is 5.75 Å². The lowest BCUT2D eigenvalue weighted by Crippen LogP contribution is -2.30. The zero-order valence-electron chi connectivity index (χ0n) is 15.5. The Labute approximate surface area is 178 Å². The third-order valence-electron chi connectivity index (χ3n) is 3.99. The van der Waals surface area contributed by atoms with Gasteiger partial charge in [0.05, 0.1) is 5.02 Å². The normalized spacial score (nSPS) is 11.4. The summed E-state index contributed by atoms with van der Waals surface area (Å²) in [5, 5.41) is 6.34. The number of hydrogen-bond acceptors (Lipinski definition) is 3. The zero-order valence-corrected chi connectivity index (χ0v) is 17.0. The minimum atomic E-state index is -0.810. The predicted molar refractivity (Wildman–Crippen MR) is 116 cm³/mol. The summed E-state index contributed by atoms with van der Waals surface area (Å²) >= 11 is 11.9. The first kappa shape index (κ1) is 20.7. The van der Waals surface area contributed by atoms with Crippen molar-refractivity contribution >= 4 is 46.4 Å². The molecule has 0 bridgehead atoms. The van der Waals surface area contributed by atoms with E-state index in [2.05, 4.69) is 10.6 Å². The van der Waals surface area contributed by atoms with Crippen molar-refractivity contribution in [3.8, 4) is 5.75 Å². The first-order valence-electron chi connectivity index (χ1n) is 8.81. The van der Waals surface area contributed by atoms with Crippen molar-refractivity contribution < 1.29 is 14.3 Å². The van der Waals surface area contributed by atoms with Gasteiger partial charge in [-0.3, -0.25) is 9.59 Å². The van der Waals surface area contributed by atoms with E-state index >= 15 is 0 Å². The van der Waals surface area contributed by atoms with Crippen LogP contribution in [0.25, 0.3) is 0 Å². The number of halogens is 2. The first-order valence-corrected chi connectivity index (χ1v) is 9.57. The van der Waals surface area contributed by atoms with Gasteiger partial charge < -0.3 is 15.4 Å². The number of carbonyl (C=O) groups is 2. The smallest absolute Gasteiger partial charge is 0.265 e. The molecule has 3 rings (SSSR count). The predicted octanol–water partition coefficient (Wildman–Crippen LogP) is 5.65. The van der Waals surface area contributed by atoms with E-state index in [1.54, 1.807) is 55.5 Å². The molecule has 0 aliphatic rings. The number of nitrogens with one attached hydrogen (secondary N) is 2. The molecule has 1 unspecified atom stereocenters. The number of hydrogen-bond donors (Lipinski definition) is 2. The molecule has 0 aliphatic heterocycles. The maximum absolute atomic E-state index is 12.5. The van der Waals surface area contributed by atoms with Crippen LogP contribution in [-0.4, -0.2) is 17.9 Å². The molecule has 0 saturated heterocycles. The second kappa shape index (κ2) is 9.45. The Morgan fingerprint density at radius 2 is 1.59 bits per heavy atom. The highest BCUT2D eigenvalue weighted by molar-refractivity contribution is 6.35. The summed E-state index contributed by atoms with van der Waals surface area (Å²) in [6.45, 7) is 1.60. The fourth-order valence-corrected chi connectivity index (χ4v) is 2.97. The molecule has 0 radical (unpaired) electrons. The summed E-state index contributed by atoms with van der Waals surface area (Å²) in [5.41, 5.74) is 1.59. The highest BCUT2D eigenvalue weighted by atomic mass is 35.5. The van der Waals surface area contributed by atoms with E-state index < -0.39 is 6.10 Å². The third kappa shape index (κ3) is 5.73. The topological polar surface area (TPSA) is 67.4 Å². The lowest BCUT2D eigenvalue weighted by atomic mass is 10.1. The van der Waals surface area contributed by atoms with Crippen LogP contribution in [0.3, 0.4) is 0 Å². The summed E-state index contributed by atoms with van der Waals surface area (Å²) in [7, 11) is 0. The van der Waals surface area contributed by atoms with Gasteiger partial charge in [0.1, 0.15) is 5.75 Å². The molecule has 7 heteroatoms. The van der Waals surface area contributed by atoms with E-state index in [0.717, 1.165) is 0 Å². The lowest BCUT2D eigenvalue weighted by Gasteiger charge is -2.16. The number of rotatable bonds is 6. The summed E-state index contributed by atoms with van der Waals surface area (Å²) in [6.07, 6.45) is -0.810. The third-order valence-corrected chi connectivity index (χ3v) is 4.52. The van der Waals surface area contributed by atoms with Crippen LogP contribution in [0, 0.1) is 0 Å². The average Bonchev–Trinajstić information content (AvgIpc) is 2.71. The molecule has 29 heavy (non-hydrogen) atoms. The summed E-state index contributed by atoms with van der Waals surface area (Å²) in [4.78, 5) is 24.9. The molecule has 0 aliphatic carbocycles. The van der Waals surface area contributed by atoms with Crippen molar-refractivity contribution in [3.63, 3.8) is 0 Å². The quantitative estimate of drug-likeness (QED) is 0.532. The monoisotopic (exact) mass is 428 g/mol. The molecule has 3 aromatic carbocycles. The SMILES string of the molecule is CC(Oc1ccc(Cl)cc1Cl)C(=O)Nc1cccc(C(=O)Nc2ccccc2)c1. The minimum Gasteiger partial charge on any atom is -0.479 e. The Bertz CT molecular complexity index is 1030. The van der Waals surface area contributed by atoms with Crippen LogP contribution in [0.1, 0.15) is 17.3 Å². The van der Waals surface area contributed by atoms with Crippen LogP contribution in [0.2, 0.25) is 10.0 Å². The van der Waals surface area contributed by atoms with Gasteiger partial charge in [-0.15, -0.1) is 0 Å². The van der Waals surface area contributed by atoms with Crippen LogP contribution < -0.4 is 15.4 Å². The molecule has 2 amide bonds. The maximum Gasteiger partial charge on any atom is 0.265 e. The van der Waals surface area contributed by atoms with Gasteiger partial charge in [-0.1, -0.05) is 47.5 Å². The van der Waals surface area contributed by atoms with Gasteiger partial charge in [0.2, 0.25) is 0 Å². The van der Waals surface area contributed by atoms with Gasteiger partial charge in [-0.25, -0.2) is 0 Å². The lowest BCUT2D eigenvalue weighted by molar-refractivity contribution is -0.122. The van der Waals surface area contributed by atoms with Crippen LogP contribution >= 0.6 is 23.2 Å². The summed E-state index contributed by atoms with van der Waals surface area (Å²) < 4.78 is 5.61. The van der Waals surface area contributed by atoms with E-state index in [-0.39, 0.29) is 11.8 Å². The molecule has 0 saturated carbocycles. The summed E-state index contributed by atoms with van der Waals surface area (Å²) in [5.74, 6) is -0.295. The Hall–Kier alpha value is -3.02. The van der Waals surface area contributed by atoms with Crippen molar-refractivity contribution in [2.45, 2.75) is 13.0 Å². The van der Waals surface area contributed by atoms with Crippen molar-refractivity contribution in [1.29, 1.82) is 0 Å². The first-order chi connectivity index (χ1) is 13.9. The van der Waals surface area contributed by atoms with Crippen molar-refractivity contribution in [2.75, 3.05) is 10.6 Å². The zero-order chi connectivity index (χ0) is 20.8. The Balaban J connectivity index is 1.64. The summed E-state index contributed by atoms with van der Waals surface area (Å²) in [6, 6.07) is 20.5. The molecule has 3 aromatic rings. The molecule has 5 nitrogen and oxygen atoms in total. The number of amides is 2. The number of benzene rings is 3. The van der Waals surface area contributed by atoms with Gasteiger partial charge in [0, 0.05) is 22.0 Å². The fraction of sp³-hybridized carbons (Fsp3) is 0.0909. The van der Waals surface area contributed by atoms with E-state index in [1.165, 1.54) is 6.07 Å². The van der Waals surface area contributed by atoms with Gasteiger partial charge in [-0.05, 0) is 55.5 Å². The van der Waals surface area contributed by atoms with Crippen LogP contribution in [-0.2, 0) is 4.79 Å². The van der Waals surface area contributed by atoms with E-state index in [0.29, 0.717) is 32.7 Å². The molecule has 0 aromatic heterocycles. The molecule has 0 spiro atoms. The van der Waals surface area contributed by atoms with Crippen molar-refractivity contribution in [2.24, 2.45) is 0 Å². The average molecular weight is 429 g/mol. The van der Waals surface area contributed by atoms with Crippen LogP contribution in [0.15, 0.2) is 72.8 Å². The Morgan fingerprint density at radius 1 is 0.862 bits per heavy atom. The second-order valence-electron chi connectivity index (χ2n) is 6.23. The Morgan fingerprint density at radius 3 is 2.31 bits per heavy atom. The molecule has 1 atom stereocenters. The largest absolute Gasteiger partial charge is 0.479 e. The fourth-order valence-electron chi connectivity index (χ4n) is 2.52. The number of anilines is 2. The maximum atomic E-state index is 12.5. The van der Waals surface area contributed by atoms with Gasteiger partial charge in [-0.2, -0.15) is 0 Å². The molecular formula is C22H18Cl2N2O3. The van der Waals surface area contributed by atoms with Crippen molar-refractivity contribution in [3.05, 3.63) is 88.4 Å². The molecule has 148 valence electrons. The van der Waals surface area contributed by atoms with Crippen LogP contribution in [0.4, 0.5) is 11.4 Å². The molecular weight excluding hydrogens is 411 g/mol. The van der Waals surface area contributed by atoms with E-state index in [4.69, 9.17) is 27.9 Å². The molecule has 0 fully saturated rings. The molecule has 0 heterocycles. The van der Waals surface area contributed by atoms with Gasteiger partial charge in [0.25, 0.3) is 11.8 Å². The number of para-hydroxylation sites is 1. The number of carbonyl (C=O) groups excluding carboxylic acids is 2. The van der Waals surface area contributed by atoms with Gasteiger partial charge in [0.15, 0.2) is 6.10 Å².